The molecule has 2 aromatic rings. The highest BCUT2D eigenvalue weighted by Gasteiger charge is 2.40. The lowest BCUT2D eigenvalue weighted by molar-refractivity contribution is 0.0193. The maximum Gasteiger partial charge on any atom is 0.338 e. The Hall–Kier alpha value is -2.89. The quantitative estimate of drug-likeness (QED) is 0.754. The first-order valence-corrected chi connectivity index (χ1v) is 9.01. The number of carbonyl (C=O) groups is 1. The number of anilines is 1. The molecule has 2 aromatic carbocycles. The lowest BCUT2D eigenvalue weighted by Crippen LogP contribution is -2.49. The largest absolute Gasteiger partial charge is 0.493 e. The van der Waals surface area contributed by atoms with E-state index in [0.29, 0.717) is 22.8 Å². The van der Waals surface area contributed by atoms with Crippen molar-refractivity contribution in [2.45, 2.75) is 18.4 Å². The molecule has 0 spiro atoms. The average Bonchev–Trinajstić information content (AvgIpc) is 2.73. The number of hydrogen-bond donors (Lipinski definition) is 0. The first-order valence-electron chi connectivity index (χ1n) is 9.01. The van der Waals surface area contributed by atoms with Crippen molar-refractivity contribution in [3.8, 4) is 17.2 Å². The fourth-order valence-electron chi connectivity index (χ4n) is 4.10. The second kappa shape index (κ2) is 7.02. The van der Waals surface area contributed by atoms with E-state index in [1.54, 1.807) is 12.1 Å². The molecule has 1 fully saturated rings. The van der Waals surface area contributed by atoms with Gasteiger partial charge in [-0.2, -0.15) is 0 Å². The number of rotatable bonds is 5. The molecule has 3 aliphatic heterocycles. The first-order chi connectivity index (χ1) is 13.2. The molecule has 2 bridgehead atoms. The Morgan fingerprint density at radius 3 is 2.41 bits per heavy atom. The lowest BCUT2D eigenvalue weighted by Gasteiger charge is -2.46. The maximum atomic E-state index is 12.8. The third-order valence-corrected chi connectivity index (χ3v) is 5.39. The first kappa shape index (κ1) is 17.5. The minimum Gasteiger partial charge on any atom is -0.493 e. The predicted molar refractivity (Wildman–Crippen MR) is 101 cm³/mol. The van der Waals surface area contributed by atoms with Crippen LogP contribution in [0.4, 0.5) is 5.69 Å². The molecule has 6 nitrogen and oxygen atoms in total. The van der Waals surface area contributed by atoms with Gasteiger partial charge in [0.25, 0.3) is 0 Å². The highest BCUT2D eigenvalue weighted by Crippen LogP contribution is 2.44. The van der Waals surface area contributed by atoms with Gasteiger partial charge < -0.3 is 23.8 Å². The zero-order valence-electron chi connectivity index (χ0n) is 15.7. The summed E-state index contributed by atoms with van der Waals surface area (Å²) in [7, 11) is 4.58. The monoisotopic (exact) mass is 369 g/mol. The van der Waals surface area contributed by atoms with Crippen molar-refractivity contribution in [3.63, 3.8) is 0 Å². The van der Waals surface area contributed by atoms with E-state index in [9.17, 15) is 4.79 Å². The van der Waals surface area contributed by atoms with Crippen molar-refractivity contribution >= 4 is 11.7 Å². The number of fused-ring (bicyclic) bond motifs is 2. The number of esters is 1. The van der Waals surface area contributed by atoms with Crippen LogP contribution in [0.1, 0.15) is 28.3 Å². The molecular formula is C21H23NO5. The predicted octanol–water partition coefficient (Wildman–Crippen LogP) is 3.25. The van der Waals surface area contributed by atoms with Crippen LogP contribution in [0.15, 0.2) is 36.4 Å². The number of ether oxygens (including phenoxy) is 4. The molecule has 27 heavy (non-hydrogen) atoms. The van der Waals surface area contributed by atoms with Crippen LogP contribution in [-0.2, 0) is 4.74 Å². The number of methoxy groups -OCH3 is 3. The number of hydrogen-bond acceptors (Lipinski definition) is 6. The maximum absolute atomic E-state index is 12.8. The Morgan fingerprint density at radius 2 is 1.74 bits per heavy atom. The van der Waals surface area contributed by atoms with Gasteiger partial charge in [0.15, 0.2) is 11.5 Å². The number of para-hydroxylation sites is 1. The molecule has 0 aromatic heterocycles. The van der Waals surface area contributed by atoms with E-state index in [4.69, 9.17) is 18.9 Å². The topological polar surface area (TPSA) is 57.2 Å². The molecule has 0 N–H and O–H groups in total. The number of benzene rings is 2. The third-order valence-electron chi connectivity index (χ3n) is 5.39. The molecule has 142 valence electrons. The molecule has 0 amide bonds. The van der Waals surface area contributed by atoms with Crippen LogP contribution in [0, 0.1) is 0 Å². The van der Waals surface area contributed by atoms with E-state index in [0.717, 1.165) is 19.5 Å². The van der Waals surface area contributed by atoms with Crippen molar-refractivity contribution in [1.29, 1.82) is 0 Å². The molecule has 3 aliphatic rings. The Labute approximate surface area is 158 Å². The minimum atomic E-state index is -0.384. The second-order valence-electron chi connectivity index (χ2n) is 6.76. The highest BCUT2D eigenvalue weighted by molar-refractivity contribution is 5.91. The molecule has 5 rings (SSSR count). The number of nitrogens with zero attached hydrogens (tertiary/aromatic N) is 1. The van der Waals surface area contributed by atoms with Gasteiger partial charge in [0, 0.05) is 18.2 Å². The average molecular weight is 369 g/mol. The van der Waals surface area contributed by atoms with Crippen molar-refractivity contribution in [1.82, 2.24) is 0 Å². The Bertz CT molecular complexity index is 840. The van der Waals surface area contributed by atoms with Crippen molar-refractivity contribution in [2.24, 2.45) is 0 Å². The van der Waals surface area contributed by atoms with E-state index in [-0.39, 0.29) is 18.0 Å². The van der Waals surface area contributed by atoms with E-state index >= 15 is 0 Å². The molecule has 0 saturated carbocycles. The summed E-state index contributed by atoms with van der Waals surface area (Å²) >= 11 is 0. The van der Waals surface area contributed by atoms with Crippen LogP contribution in [0.2, 0.25) is 0 Å². The fourth-order valence-corrected chi connectivity index (χ4v) is 4.10. The van der Waals surface area contributed by atoms with Gasteiger partial charge in [-0.05, 0) is 30.2 Å². The summed E-state index contributed by atoms with van der Waals surface area (Å²) in [5.41, 5.74) is 2.90. The molecule has 2 atom stereocenters. The van der Waals surface area contributed by atoms with Gasteiger partial charge in [-0.15, -0.1) is 0 Å². The van der Waals surface area contributed by atoms with E-state index in [2.05, 4.69) is 23.1 Å². The summed E-state index contributed by atoms with van der Waals surface area (Å²) in [4.78, 5) is 15.1. The van der Waals surface area contributed by atoms with Crippen LogP contribution in [-0.4, -0.2) is 46.5 Å². The van der Waals surface area contributed by atoms with Crippen molar-refractivity contribution in [2.75, 3.05) is 39.3 Å². The second-order valence-corrected chi connectivity index (χ2v) is 6.76. The van der Waals surface area contributed by atoms with E-state index < -0.39 is 0 Å². The molecule has 0 radical (unpaired) electrons. The molecule has 6 heteroatoms. The number of carbonyl (C=O) groups excluding carboxylic acids is 1. The molecule has 3 heterocycles. The van der Waals surface area contributed by atoms with Gasteiger partial charge in [0.1, 0.15) is 6.10 Å². The summed E-state index contributed by atoms with van der Waals surface area (Å²) in [5.74, 6) is 1.17. The summed E-state index contributed by atoms with van der Waals surface area (Å²) in [5, 5.41) is 0. The van der Waals surface area contributed by atoms with E-state index in [1.807, 2.05) is 6.07 Å². The molecular weight excluding hydrogens is 346 g/mol. The molecule has 1 saturated heterocycles. The van der Waals surface area contributed by atoms with Gasteiger partial charge in [-0.1, -0.05) is 18.2 Å². The van der Waals surface area contributed by atoms with Crippen LogP contribution in [0.25, 0.3) is 0 Å². The Morgan fingerprint density at radius 1 is 1.04 bits per heavy atom. The summed E-state index contributed by atoms with van der Waals surface area (Å²) < 4.78 is 21.9. The summed E-state index contributed by atoms with van der Waals surface area (Å²) in [6, 6.07) is 11.6. The molecule has 0 aliphatic carbocycles. The number of piperidine rings is 1. The van der Waals surface area contributed by atoms with E-state index in [1.165, 1.54) is 32.6 Å². The summed E-state index contributed by atoms with van der Waals surface area (Å²) in [6.07, 6.45) is 0.824. The lowest BCUT2D eigenvalue weighted by atomic mass is 9.81. The van der Waals surface area contributed by atoms with Crippen LogP contribution < -0.4 is 19.1 Å². The van der Waals surface area contributed by atoms with Crippen LogP contribution in [0.5, 0.6) is 17.2 Å². The van der Waals surface area contributed by atoms with Gasteiger partial charge >= 0.3 is 5.97 Å². The fraction of sp³-hybridized carbons (Fsp3) is 0.381. The zero-order valence-corrected chi connectivity index (χ0v) is 15.7. The minimum absolute atomic E-state index is 0.166. The standard InChI is InChI=1S/C21H23NO5/c1-24-17-10-13(11-18(25-2)20(17)26-3)21(23)27-19-12-22-9-8-15(19)14-6-4-5-7-16(14)22/h4-7,10-11,15,19H,8-9,12H2,1-3H3. The highest BCUT2D eigenvalue weighted by atomic mass is 16.5. The van der Waals surface area contributed by atoms with Gasteiger partial charge in [0.2, 0.25) is 5.75 Å². The third kappa shape index (κ3) is 2.95. The Balaban J connectivity index is 1.59. The summed E-state index contributed by atoms with van der Waals surface area (Å²) in [6.45, 7) is 1.72. The van der Waals surface area contributed by atoms with Crippen molar-refractivity contribution < 1.29 is 23.7 Å². The SMILES string of the molecule is COc1cc(C(=O)OC2CN3CCC2c2ccccc23)cc(OC)c1OC. The normalized spacial score (nSPS) is 20.0. The van der Waals surface area contributed by atoms with Crippen molar-refractivity contribution in [3.05, 3.63) is 47.5 Å². The van der Waals surface area contributed by atoms with Crippen LogP contribution >= 0.6 is 0 Å². The van der Waals surface area contributed by atoms with Gasteiger partial charge in [-0.3, -0.25) is 0 Å². The van der Waals surface area contributed by atoms with Gasteiger partial charge in [-0.25, -0.2) is 4.79 Å². The zero-order chi connectivity index (χ0) is 19.0. The Kier molecular flexibility index (Phi) is 4.56. The smallest absolute Gasteiger partial charge is 0.338 e. The molecule has 2 unspecified atom stereocenters. The van der Waals surface area contributed by atoms with Crippen LogP contribution in [0.3, 0.4) is 0 Å². The van der Waals surface area contributed by atoms with Gasteiger partial charge in [0.05, 0.1) is 33.4 Å².